The van der Waals surface area contributed by atoms with Crippen molar-refractivity contribution in [1.29, 1.82) is 0 Å². The molecule has 344 valence electrons. The van der Waals surface area contributed by atoms with Crippen molar-refractivity contribution in [2.24, 2.45) is 11.8 Å². The van der Waals surface area contributed by atoms with Crippen LogP contribution in [0.25, 0.3) is 0 Å². The smallest absolute Gasteiger partial charge is 0.223 e. The Kier molecular flexibility index (Phi) is 18.0. The van der Waals surface area contributed by atoms with Crippen molar-refractivity contribution in [1.82, 2.24) is 20.4 Å². The zero-order valence-electron chi connectivity index (χ0n) is 36.8. The first-order chi connectivity index (χ1) is 32.2. The zero-order chi connectivity index (χ0) is 46.1. The summed E-state index contributed by atoms with van der Waals surface area (Å²) in [5.41, 5.74) is 3.16. The van der Waals surface area contributed by atoms with Crippen LogP contribution in [0, 0.1) is 23.5 Å². The van der Waals surface area contributed by atoms with E-state index in [1.807, 2.05) is 97.1 Å². The van der Waals surface area contributed by atoms with E-state index in [-0.39, 0.29) is 35.3 Å². The molecule has 0 radical (unpaired) electrons. The van der Waals surface area contributed by atoms with Gasteiger partial charge in [-0.05, 0) is 147 Å². The number of benzene rings is 6. The summed E-state index contributed by atoms with van der Waals surface area (Å²) in [4.78, 5) is 30.9. The van der Waals surface area contributed by atoms with Gasteiger partial charge < -0.3 is 20.1 Å². The minimum Gasteiger partial charge on any atom is -0.492 e. The van der Waals surface area contributed by atoms with E-state index in [1.54, 1.807) is 36.4 Å². The molecule has 2 aliphatic rings. The van der Waals surface area contributed by atoms with E-state index in [1.165, 1.54) is 24.3 Å². The van der Waals surface area contributed by atoms with Crippen LogP contribution in [0.15, 0.2) is 158 Å². The maximum Gasteiger partial charge on any atom is 0.223 e. The number of rotatable bonds is 16. The first-order valence-electron chi connectivity index (χ1n) is 22.6. The highest BCUT2D eigenvalue weighted by atomic mass is 35.5. The molecule has 2 fully saturated rings. The molecule has 8 rings (SSSR count). The number of hydrogen-bond acceptors (Lipinski definition) is 6. The van der Waals surface area contributed by atoms with Crippen LogP contribution in [0.4, 0.5) is 8.78 Å². The fraction of sp³-hybridized carbons (Fsp3) is 0.296. The van der Waals surface area contributed by atoms with Gasteiger partial charge in [-0.25, -0.2) is 8.78 Å². The Morgan fingerprint density at radius 1 is 0.500 bits per heavy atom. The molecule has 2 aliphatic heterocycles. The van der Waals surface area contributed by atoms with Gasteiger partial charge in [-0.15, -0.1) is 0 Å². The number of hydrogen-bond donors (Lipinski definition) is 2. The third kappa shape index (κ3) is 14.6. The molecule has 2 atom stereocenters. The summed E-state index contributed by atoms with van der Waals surface area (Å²) in [7, 11) is 0. The molecule has 2 N–H and O–H groups in total. The summed E-state index contributed by atoms with van der Waals surface area (Å²) in [5.74, 6) is 0.950. The third-order valence-electron chi connectivity index (χ3n) is 12.1. The molecule has 2 amide bonds. The summed E-state index contributed by atoms with van der Waals surface area (Å²) in [6, 6.07) is 46.1. The number of halogens is 4. The molecule has 6 aromatic carbocycles. The number of amides is 2. The molecule has 0 aliphatic carbocycles. The van der Waals surface area contributed by atoms with Crippen LogP contribution in [0.5, 0.6) is 11.5 Å². The second-order valence-corrected chi connectivity index (χ2v) is 17.5. The molecular formula is C54H56Cl2F2N4O4. The van der Waals surface area contributed by atoms with Crippen molar-refractivity contribution in [3.63, 3.8) is 0 Å². The summed E-state index contributed by atoms with van der Waals surface area (Å²) < 4.78 is 39.4. The Bertz CT molecular complexity index is 2250. The van der Waals surface area contributed by atoms with Gasteiger partial charge in [0, 0.05) is 35.0 Å². The van der Waals surface area contributed by atoms with Crippen LogP contribution < -0.4 is 20.1 Å². The Labute approximate surface area is 396 Å². The Hall–Kier alpha value is -5.78. The highest BCUT2D eigenvalue weighted by Crippen LogP contribution is 2.28. The number of piperidine rings is 2. The summed E-state index contributed by atoms with van der Waals surface area (Å²) in [6.45, 7) is 6.31. The average molecular weight is 934 g/mol. The summed E-state index contributed by atoms with van der Waals surface area (Å²) >= 11 is 12.1. The van der Waals surface area contributed by atoms with Crippen LogP contribution in [0.1, 0.15) is 60.0 Å². The van der Waals surface area contributed by atoms with Gasteiger partial charge in [-0.1, -0.05) is 108 Å². The van der Waals surface area contributed by atoms with Gasteiger partial charge in [-0.2, -0.15) is 0 Å². The minimum atomic E-state index is -0.428. The number of likely N-dealkylation sites (tertiary alicyclic amines) is 2. The van der Waals surface area contributed by atoms with Crippen molar-refractivity contribution in [3.8, 4) is 11.5 Å². The number of ether oxygens (including phenoxy) is 2. The normalized spacial score (nSPS) is 15.7. The lowest BCUT2D eigenvalue weighted by Gasteiger charge is -2.32. The molecule has 2 heterocycles. The first-order valence-corrected chi connectivity index (χ1v) is 23.4. The van der Waals surface area contributed by atoms with Gasteiger partial charge in [-0.3, -0.25) is 19.4 Å². The van der Waals surface area contributed by atoms with Crippen LogP contribution in [0.2, 0.25) is 10.0 Å². The molecule has 6 aromatic rings. The monoisotopic (exact) mass is 932 g/mol. The van der Waals surface area contributed by atoms with E-state index < -0.39 is 12.1 Å². The average Bonchev–Trinajstić information content (AvgIpc) is 3.34. The molecule has 0 aromatic heterocycles. The van der Waals surface area contributed by atoms with Gasteiger partial charge >= 0.3 is 0 Å². The standard InChI is InChI=1S/2C27H28ClFN2O2/c2*28-23-11-9-20(10-12-23)26(22-5-4-6-24(29)19-22)30-27(32)21-13-15-31(16-14-21)17-18-33-25-7-2-1-3-8-25/h2*1-12,19,21,26H,13-18H2,(H,30,32). The predicted octanol–water partition coefficient (Wildman–Crippen LogP) is 11.0. The molecule has 2 saturated heterocycles. The largest absolute Gasteiger partial charge is 0.492 e. The molecule has 12 heteroatoms. The molecule has 66 heavy (non-hydrogen) atoms. The number of carbonyl (C=O) groups excluding carboxylic acids is 2. The van der Waals surface area contributed by atoms with Gasteiger partial charge in [0.1, 0.15) is 36.3 Å². The predicted molar refractivity (Wildman–Crippen MR) is 258 cm³/mol. The molecule has 0 spiro atoms. The Morgan fingerprint density at radius 3 is 1.21 bits per heavy atom. The van der Waals surface area contributed by atoms with Gasteiger partial charge in [0.25, 0.3) is 0 Å². The summed E-state index contributed by atoms with van der Waals surface area (Å²) in [5, 5.41) is 7.54. The van der Waals surface area contributed by atoms with Gasteiger partial charge in [0.05, 0.1) is 12.1 Å². The zero-order valence-corrected chi connectivity index (χ0v) is 38.4. The van der Waals surface area contributed by atoms with Crippen molar-refractivity contribution in [3.05, 3.63) is 202 Å². The quantitative estimate of drug-likeness (QED) is 0.101. The van der Waals surface area contributed by atoms with Gasteiger partial charge in [0.15, 0.2) is 0 Å². The SMILES string of the molecule is O=C(NC(c1ccc(Cl)cc1)c1cccc(F)c1)C1CCN(CCOc2ccccc2)CC1.O=C(NC(c1ccc(Cl)cc1)c1cccc(F)c1)C1CCN(CCOc2ccccc2)CC1. The van der Waals surface area contributed by atoms with E-state index in [2.05, 4.69) is 20.4 Å². The molecule has 0 bridgehead atoms. The number of carbonyl (C=O) groups is 2. The van der Waals surface area contributed by atoms with Crippen LogP contribution in [0.3, 0.4) is 0 Å². The maximum absolute atomic E-state index is 13.9. The highest BCUT2D eigenvalue weighted by Gasteiger charge is 2.29. The lowest BCUT2D eigenvalue weighted by atomic mass is 9.93. The fourth-order valence-electron chi connectivity index (χ4n) is 8.38. The lowest BCUT2D eigenvalue weighted by Crippen LogP contribution is -2.42. The van der Waals surface area contributed by atoms with Crippen molar-refractivity contribution < 1.29 is 27.8 Å². The van der Waals surface area contributed by atoms with Crippen LogP contribution >= 0.6 is 23.2 Å². The van der Waals surface area contributed by atoms with Gasteiger partial charge in [0.2, 0.25) is 11.8 Å². The second kappa shape index (κ2) is 24.7. The molecule has 2 unspecified atom stereocenters. The lowest BCUT2D eigenvalue weighted by molar-refractivity contribution is -0.127. The first kappa shape index (κ1) is 48.2. The number of nitrogens with zero attached hydrogens (tertiary/aromatic N) is 2. The van der Waals surface area contributed by atoms with Crippen molar-refractivity contribution >= 4 is 35.0 Å². The van der Waals surface area contributed by atoms with E-state index in [9.17, 15) is 18.4 Å². The second-order valence-electron chi connectivity index (χ2n) is 16.7. The third-order valence-corrected chi connectivity index (χ3v) is 12.6. The minimum absolute atomic E-state index is 0.000559. The van der Waals surface area contributed by atoms with Crippen LogP contribution in [-0.2, 0) is 9.59 Å². The maximum atomic E-state index is 13.9. The topological polar surface area (TPSA) is 83.1 Å². The van der Waals surface area contributed by atoms with Crippen molar-refractivity contribution in [2.75, 3.05) is 52.5 Å². The molecule has 0 saturated carbocycles. The highest BCUT2D eigenvalue weighted by molar-refractivity contribution is 6.30. The van der Waals surface area contributed by atoms with E-state index in [4.69, 9.17) is 32.7 Å². The fourth-order valence-corrected chi connectivity index (χ4v) is 8.63. The summed E-state index contributed by atoms with van der Waals surface area (Å²) in [6.07, 6.45) is 3.14. The van der Waals surface area contributed by atoms with Crippen LogP contribution in [-0.4, -0.2) is 74.1 Å². The van der Waals surface area contributed by atoms with E-state index in [0.29, 0.717) is 34.4 Å². The molecule has 8 nitrogen and oxygen atoms in total. The number of para-hydroxylation sites is 2. The van der Waals surface area contributed by atoms with E-state index in [0.717, 1.165) is 87.6 Å². The molecular weight excluding hydrogens is 878 g/mol. The number of nitrogens with one attached hydrogen (secondary N) is 2. The Morgan fingerprint density at radius 2 is 0.864 bits per heavy atom. The van der Waals surface area contributed by atoms with E-state index >= 15 is 0 Å². The Balaban J connectivity index is 0.000000196. The van der Waals surface area contributed by atoms with Crippen molar-refractivity contribution in [2.45, 2.75) is 37.8 Å².